The third kappa shape index (κ3) is 23.3. The number of carboxylic acid groups (broad SMARTS) is 1. The summed E-state index contributed by atoms with van der Waals surface area (Å²) in [5, 5.41) is 8.73. The quantitative estimate of drug-likeness (QED) is 0.0902. The minimum Gasteiger partial charge on any atom is -0.481 e. The molecule has 0 spiro atoms. The summed E-state index contributed by atoms with van der Waals surface area (Å²) in [6.45, 7) is 4.47. The fourth-order valence-corrected chi connectivity index (χ4v) is 3.91. The van der Waals surface area contributed by atoms with Gasteiger partial charge in [0.15, 0.2) is 0 Å². The van der Waals surface area contributed by atoms with Crippen molar-refractivity contribution in [2.45, 2.75) is 155 Å². The third-order valence-electron chi connectivity index (χ3n) is 5.97. The molecule has 0 aromatic heterocycles. The van der Waals surface area contributed by atoms with E-state index in [1.807, 2.05) is 0 Å². The number of hydrogen-bond donors (Lipinski definition) is 1. The van der Waals surface area contributed by atoms with Crippen LogP contribution >= 0.6 is 0 Å². The molecule has 0 heterocycles. The van der Waals surface area contributed by atoms with Gasteiger partial charge in [-0.3, -0.25) is 9.59 Å². The van der Waals surface area contributed by atoms with Crippen LogP contribution in [0, 0.1) is 0 Å². The number of esters is 1. The van der Waals surface area contributed by atoms with Crippen molar-refractivity contribution in [3.8, 4) is 0 Å². The summed E-state index contributed by atoms with van der Waals surface area (Å²) < 4.78 is 5.78. The Bertz CT molecular complexity index is 458. The van der Waals surface area contributed by atoms with Gasteiger partial charge >= 0.3 is 11.9 Å². The smallest absolute Gasteiger partial charge is 0.306 e. The molecule has 0 saturated carbocycles. The molecule has 0 radical (unpaired) electrons. The third-order valence-corrected chi connectivity index (χ3v) is 5.97. The maximum atomic E-state index is 12.3. The molecule has 0 aromatic rings. The van der Waals surface area contributed by atoms with Crippen molar-refractivity contribution in [2.24, 2.45) is 0 Å². The second kappa shape index (κ2) is 24.3. The number of carbonyl (C=O) groups excluding carboxylic acids is 1. The predicted octanol–water partition coefficient (Wildman–Crippen LogP) is 8.77. The Kier molecular flexibility index (Phi) is 23.3. The second-order valence-corrected chi connectivity index (χ2v) is 9.23. The first-order chi connectivity index (χ1) is 15.6. The average molecular weight is 453 g/mol. The number of allylic oxidation sites excluding steroid dienone is 1. The highest BCUT2D eigenvalue weighted by atomic mass is 16.5. The topological polar surface area (TPSA) is 63.6 Å². The van der Waals surface area contributed by atoms with Gasteiger partial charge < -0.3 is 9.84 Å². The molecule has 0 amide bonds. The molecule has 1 atom stereocenters. The van der Waals surface area contributed by atoms with Crippen molar-refractivity contribution < 1.29 is 19.4 Å². The minimum atomic E-state index is -0.722. The Morgan fingerprint density at radius 2 is 1.19 bits per heavy atom. The standard InChI is InChI=1S/C28H52O4/c1-3-5-7-9-11-13-14-18-22-26(23-19-16-17-20-24-27(29)30)32-28(31)25-21-15-12-10-8-6-4-2/h18,22,26H,3-17,19-21,23-25H2,1-2H3,(H,29,30)/b22-18-. The van der Waals surface area contributed by atoms with E-state index in [-0.39, 0.29) is 18.5 Å². The van der Waals surface area contributed by atoms with Crippen LogP contribution in [-0.2, 0) is 14.3 Å². The van der Waals surface area contributed by atoms with Crippen LogP contribution in [0.3, 0.4) is 0 Å². The van der Waals surface area contributed by atoms with Crippen molar-refractivity contribution in [3.63, 3.8) is 0 Å². The van der Waals surface area contributed by atoms with Crippen LogP contribution in [0.1, 0.15) is 149 Å². The maximum absolute atomic E-state index is 12.3. The van der Waals surface area contributed by atoms with Crippen LogP contribution < -0.4 is 0 Å². The summed E-state index contributed by atoms with van der Waals surface area (Å²) >= 11 is 0. The van der Waals surface area contributed by atoms with Crippen LogP contribution in [0.25, 0.3) is 0 Å². The first-order valence-electron chi connectivity index (χ1n) is 13.7. The number of unbranched alkanes of at least 4 members (excludes halogenated alkanes) is 15. The zero-order valence-electron chi connectivity index (χ0n) is 21.3. The van der Waals surface area contributed by atoms with E-state index in [0.717, 1.165) is 51.4 Å². The molecule has 0 saturated heterocycles. The molecule has 4 nitrogen and oxygen atoms in total. The van der Waals surface area contributed by atoms with Crippen molar-refractivity contribution in [3.05, 3.63) is 12.2 Å². The van der Waals surface area contributed by atoms with Crippen LogP contribution in [-0.4, -0.2) is 23.1 Å². The lowest BCUT2D eigenvalue weighted by molar-refractivity contribution is -0.147. The predicted molar refractivity (Wildman–Crippen MR) is 135 cm³/mol. The fourth-order valence-electron chi connectivity index (χ4n) is 3.91. The van der Waals surface area contributed by atoms with Gasteiger partial charge in [0.05, 0.1) is 0 Å². The lowest BCUT2D eigenvalue weighted by Gasteiger charge is -2.15. The first kappa shape index (κ1) is 30.7. The van der Waals surface area contributed by atoms with Gasteiger partial charge in [0.1, 0.15) is 6.10 Å². The van der Waals surface area contributed by atoms with E-state index in [0.29, 0.717) is 6.42 Å². The van der Waals surface area contributed by atoms with E-state index in [9.17, 15) is 9.59 Å². The molecule has 4 heteroatoms. The average Bonchev–Trinajstić information content (AvgIpc) is 2.76. The van der Waals surface area contributed by atoms with Gasteiger partial charge in [-0.15, -0.1) is 0 Å². The van der Waals surface area contributed by atoms with Crippen LogP contribution in [0.4, 0.5) is 0 Å². The molecule has 0 rings (SSSR count). The Morgan fingerprint density at radius 1 is 0.688 bits per heavy atom. The zero-order valence-corrected chi connectivity index (χ0v) is 21.3. The number of hydrogen-bond acceptors (Lipinski definition) is 3. The largest absolute Gasteiger partial charge is 0.481 e. The Balaban J connectivity index is 4.16. The monoisotopic (exact) mass is 452 g/mol. The Labute approximate surface area is 198 Å². The Morgan fingerprint density at radius 3 is 1.78 bits per heavy atom. The lowest BCUT2D eigenvalue weighted by Crippen LogP contribution is -2.16. The summed E-state index contributed by atoms with van der Waals surface area (Å²) in [4.78, 5) is 22.9. The van der Waals surface area contributed by atoms with E-state index < -0.39 is 5.97 Å². The van der Waals surface area contributed by atoms with Gasteiger partial charge in [0.2, 0.25) is 0 Å². The first-order valence-corrected chi connectivity index (χ1v) is 13.7. The number of ether oxygens (including phenoxy) is 1. The molecule has 0 bridgehead atoms. The molecule has 0 fully saturated rings. The van der Waals surface area contributed by atoms with Crippen LogP contribution in [0.2, 0.25) is 0 Å². The molecule has 32 heavy (non-hydrogen) atoms. The highest BCUT2D eigenvalue weighted by Crippen LogP contribution is 2.15. The molecule has 0 aromatic carbocycles. The number of rotatable bonds is 24. The molecule has 0 aliphatic heterocycles. The highest BCUT2D eigenvalue weighted by molar-refractivity contribution is 5.69. The van der Waals surface area contributed by atoms with Crippen molar-refractivity contribution >= 4 is 11.9 Å². The zero-order chi connectivity index (χ0) is 23.7. The number of carboxylic acids is 1. The van der Waals surface area contributed by atoms with Gasteiger partial charge in [-0.1, -0.05) is 103 Å². The number of carbonyl (C=O) groups is 2. The van der Waals surface area contributed by atoms with Gasteiger partial charge in [0.25, 0.3) is 0 Å². The van der Waals surface area contributed by atoms with Gasteiger partial charge in [-0.2, -0.15) is 0 Å². The molecular formula is C28H52O4. The summed E-state index contributed by atoms with van der Waals surface area (Å²) in [6, 6.07) is 0. The van der Waals surface area contributed by atoms with Crippen molar-refractivity contribution in [1.29, 1.82) is 0 Å². The molecule has 0 aliphatic rings. The maximum Gasteiger partial charge on any atom is 0.306 e. The van der Waals surface area contributed by atoms with Gasteiger partial charge in [-0.05, 0) is 44.6 Å². The molecule has 188 valence electrons. The molecular weight excluding hydrogens is 400 g/mol. The van der Waals surface area contributed by atoms with E-state index in [4.69, 9.17) is 9.84 Å². The lowest BCUT2D eigenvalue weighted by atomic mass is 10.1. The molecule has 1 unspecified atom stereocenters. The van der Waals surface area contributed by atoms with E-state index in [1.54, 1.807) is 0 Å². The second-order valence-electron chi connectivity index (χ2n) is 9.23. The summed E-state index contributed by atoms with van der Waals surface area (Å²) in [5.41, 5.74) is 0. The van der Waals surface area contributed by atoms with Crippen molar-refractivity contribution in [1.82, 2.24) is 0 Å². The molecule has 0 aliphatic carbocycles. The Hall–Kier alpha value is -1.32. The summed E-state index contributed by atoms with van der Waals surface area (Å²) in [6.07, 6.45) is 26.6. The summed E-state index contributed by atoms with van der Waals surface area (Å²) in [5.74, 6) is -0.793. The molecule has 1 N–H and O–H groups in total. The van der Waals surface area contributed by atoms with E-state index >= 15 is 0 Å². The van der Waals surface area contributed by atoms with E-state index in [2.05, 4.69) is 26.0 Å². The van der Waals surface area contributed by atoms with E-state index in [1.165, 1.54) is 70.6 Å². The normalized spacial score (nSPS) is 12.3. The highest BCUT2D eigenvalue weighted by Gasteiger charge is 2.11. The van der Waals surface area contributed by atoms with Crippen LogP contribution in [0.5, 0.6) is 0 Å². The van der Waals surface area contributed by atoms with Crippen LogP contribution in [0.15, 0.2) is 12.2 Å². The fraction of sp³-hybridized carbons (Fsp3) is 0.857. The minimum absolute atomic E-state index is 0.0707. The van der Waals surface area contributed by atoms with Crippen molar-refractivity contribution in [2.75, 3.05) is 0 Å². The SMILES string of the molecule is CCCCCCCC/C=C\C(CCCCCCC(=O)O)OC(=O)CCCCCCCCC. The van der Waals surface area contributed by atoms with Gasteiger partial charge in [-0.25, -0.2) is 0 Å². The number of aliphatic carboxylic acids is 1. The van der Waals surface area contributed by atoms with Gasteiger partial charge in [0, 0.05) is 12.8 Å². The summed E-state index contributed by atoms with van der Waals surface area (Å²) in [7, 11) is 0.